The molecule has 4 nitrogen and oxygen atoms in total. The van der Waals surface area contributed by atoms with Gasteiger partial charge in [-0.1, -0.05) is 0 Å². The Labute approximate surface area is 146 Å². The Morgan fingerprint density at radius 2 is 0.955 bits per heavy atom. The molecule has 0 saturated carbocycles. The smallest absolute Gasteiger partial charge is 0.144 e. The van der Waals surface area contributed by atoms with Crippen LogP contribution in [0.25, 0.3) is 11.1 Å². The van der Waals surface area contributed by atoms with Gasteiger partial charge in [0, 0.05) is 0 Å². The summed E-state index contributed by atoms with van der Waals surface area (Å²) in [6.45, 7) is 0. The number of methoxy groups -OCH3 is 4. The van der Waals surface area contributed by atoms with Crippen LogP contribution in [-0.2, 0) is 0 Å². The Morgan fingerprint density at radius 3 is 1.23 bits per heavy atom. The minimum atomic E-state index is 0.647. The van der Waals surface area contributed by atoms with E-state index < -0.39 is 0 Å². The van der Waals surface area contributed by atoms with Gasteiger partial charge in [-0.15, -0.1) is 0 Å². The third-order valence-corrected chi connectivity index (χ3v) is 4.49. The Hall–Kier alpha value is -1.40. The second-order valence-electron chi connectivity index (χ2n) is 4.32. The van der Waals surface area contributed by atoms with Gasteiger partial charge in [0.1, 0.15) is 23.0 Å². The first-order valence-corrected chi connectivity index (χ1v) is 7.98. The first-order chi connectivity index (χ1) is 10.6. The zero-order valence-corrected chi connectivity index (χ0v) is 15.9. The molecule has 0 heterocycles. The van der Waals surface area contributed by atoms with Crippen LogP contribution in [-0.4, -0.2) is 28.4 Å². The van der Waals surface area contributed by atoms with Gasteiger partial charge in [0.25, 0.3) is 0 Å². The van der Waals surface area contributed by atoms with Crippen molar-refractivity contribution in [2.24, 2.45) is 0 Å². The summed E-state index contributed by atoms with van der Waals surface area (Å²) in [5, 5.41) is 0. The van der Waals surface area contributed by atoms with E-state index in [1.165, 1.54) is 0 Å². The quantitative estimate of drug-likeness (QED) is 0.673. The van der Waals surface area contributed by atoms with Crippen molar-refractivity contribution in [2.45, 2.75) is 0 Å². The SMILES string of the molecule is COc1ccc(Br)c(OC)c1-c1c(OC)ccc(Br)c1OC. The van der Waals surface area contributed by atoms with Crippen LogP contribution in [0.4, 0.5) is 0 Å². The summed E-state index contributed by atoms with van der Waals surface area (Å²) >= 11 is 7.01. The highest BCUT2D eigenvalue weighted by atomic mass is 79.9. The van der Waals surface area contributed by atoms with Crippen LogP contribution < -0.4 is 18.9 Å². The lowest BCUT2D eigenvalue weighted by atomic mass is 10.0. The molecule has 0 fully saturated rings. The molecule has 0 spiro atoms. The van der Waals surface area contributed by atoms with Crippen LogP contribution in [0.5, 0.6) is 23.0 Å². The number of hydrogen-bond donors (Lipinski definition) is 0. The minimum Gasteiger partial charge on any atom is -0.496 e. The fourth-order valence-electron chi connectivity index (χ4n) is 2.29. The monoisotopic (exact) mass is 430 g/mol. The van der Waals surface area contributed by atoms with E-state index in [1.54, 1.807) is 28.4 Å². The maximum absolute atomic E-state index is 5.56. The molecule has 0 amide bonds. The highest BCUT2D eigenvalue weighted by Gasteiger charge is 2.24. The van der Waals surface area contributed by atoms with Crippen molar-refractivity contribution >= 4 is 31.9 Å². The molecule has 0 aliphatic rings. The third-order valence-electron chi connectivity index (χ3n) is 3.24. The van der Waals surface area contributed by atoms with E-state index in [0.717, 1.165) is 20.1 Å². The van der Waals surface area contributed by atoms with Crippen LogP contribution in [0, 0.1) is 0 Å². The molecular weight excluding hydrogens is 416 g/mol. The fraction of sp³-hybridized carbons (Fsp3) is 0.250. The van der Waals surface area contributed by atoms with E-state index in [4.69, 9.17) is 18.9 Å². The zero-order valence-electron chi connectivity index (χ0n) is 12.7. The topological polar surface area (TPSA) is 36.9 Å². The molecule has 0 atom stereocenters. The van der Waals surface area contributed by atoms with Gasteiger partial charge in [-0.3, -0.25) is 0 Å². The maximum Gasteiger partial charge on any atom is 0.144 e. The van der Waals surface area contributed by atoms with Gasteiger partial charge in [-0.2, -0.15) is 0 Å². The number of hydrogen-bond acceptors (Lipinski definition) is 4. The number of rotatable bonds is 5. The van der Waals surface area contributed by atoms with Crippen LogP contribution in [0.3, 0.4) is 0 Å². The third kappa shape index (κ3) is 2.90. The zero-order chi connectivity index (χ0) is 16.3. The van der Waals surface area contributed by atoms with Gasteiger partial charge in [0.2, 0.25) is 0 Å². The van der Waals surface area contributed by atoms with Crippen LogP contribution in [0.1, 0.15) is 0 Å². The van der Waals surface area contributed by atoms with Crippen molar-refractivity contribution in [1.29, 1.82) is 0 Å². The summed E-state index contributed by atoms with van der Waals surface area (Å²) in [7, 11) is 6.45. The summed E-state index contributed by atoms with van der Waals surface area (Å²) < 4.78 is 23.8. The highest BCUT2D eigenvalue weighted by molar-refractivity contribution is 9.11. The van der Waals surface area contributed by atoms with Gasteiger partial charge in [0.05, 0.1) is 48.5 Å². The van der Waals surface area contributed by atoms with Crippen LogP contribution >= 0.6 is 31.9 Å². The minimum absolute atomic E-state index is 0.647. The van der Waals surface area contributed by atoms with Crippen molar-refractivity contribution < 1.29 is 18.9 Å². The van der Waals surface area contributed by atoms with Gasteiger partial charge < -0.3 is 18.9 Å². The lowest BCUT2D eigenvalue weighted by Crippen LogP contribution is -1.99. The number of ether oxygens (including phenoxy) is 4. The van der Waals surface area contributed by atoms with Gasteiger partial charge in [0.15, 0.2) is 0 Å². The van der Waals surface area contributed by atoms with E-state index in [-0.39, 0.29) is 0 Å². The molecule has 2 rings (SSSR count). The second-order valence-corrected chi connectivity index (χ2v) is 6.02. The molecule has 0 radical (unpaired) electrons. The molecule has 118 valence electrons. The fourth-order valence-corrected chi connectivity index (χ4v) is 3.28. The van der Waals surface area contributed by atoms with Gasteiger partial charge >= 0.3 is 0 Å². The predicted molar refractivity (Wildman–Crippen MR) is 93.5 cm³/mol. The largest absolute Gasteiger partial charge is 0.496 e. The molecule has 0 aliphatic carbocycles. The molecule has 0 aliphatic heterocycles. The average Bonchev–Trinajstić information content (AvgIpc) is 2.54. The molecule has 0 unspecified atom stereocenters. The molecule has 0 bridgehead atoms. The van der Waals surface area contributed by atoms with E-state index in [1.807, 2.05) is 24.3 Å². The first-order valence-electron chi connectivity index (χ1n) is 6.40. The molecule has 22 heavy (non-hydrogen) atoms. The Kier molecular flexibility index (Phi) is 5.58. The summed E-state index contributed by atoms with van der Waals surface area (Å²) in [6.07, 6.45) is 0. The lowest BCUT2D eigenvalue weighted by Gasteiger charge is -2.20. The van der Waals surface area contributed by atoms with Crippen LogP contribution in [0.15, 0.2) is 33.2 Å². The van der Waals surface area contributed by atoms with Crippen LogP contribution in [0.2, 0.25) is 0 Å². The second kappa shape index (κ2) is 7.24. The molecule has 2 aromatic carbocycles. The van der Waals surface area contributed by atoms with E-state index in [2.05, 4.69) is 31.9 Å². The molecular formula is C16H16Br2O4. The highest BCUT2D eigenvalue weighted by Crippen LogP contribution is 2.51. The van der Waals surface area contributed by atoms with Crippen molar-refractivity contribution in [1.82, 2.24) is 0 Å². The number of benzene rings is 2. The lowest BCUT2D eigenvalue weighted by molar-refractivity contribution is 0.384. The first kappa shape index (κ1) is 17.0. The van der Waals surface area contributed by atoms with E-state index >= 15 is 0 Å². The van der Waals surface area contributed by atoms with Crippen molar-refractivity contribution in [3.8, 4) is 34.1 Å². The normalized spacial score (nSPS) is 10.3. The van der Waals surface area contributed by atoms with E-state index in [9.17, 15) is 0 Å². The summed E-state index contributed by atoms with van der Waals surface area (Å²) in [5.74, 6) is 2.62. The number of halogens is 2. The van der Waals surface area contributed by atoms with Crippen molar-refractivity contribution in [3.05, 3.63) is 33.2 Å². The van der Waals surface area contributed by atoms with Gasteiger partial charge in [-0.25, -0.2) is 0 Å². The summed E-state index contributed by atoms with van der Waals surface area (Å²) in [4.78, 5) is 0. The maximum atomic E-state index is 5.56. The van der Waals surface area contributed by atoms with E-state index in [0.29, 0.717) is 23.0 Å². The molecule has 0 saturated heterocycles. The van der Waals surface area contributed by atoms with Gasteiger partial charge in [-0.05, 0) is 56.1 Å². The Balaban J connectivity index is 2.92. The summed E-state index contributed by atoms with van der Waals surface area (Å²) in [6, 6.07) is 7.47. The van der Waals surface area contributed by atoms with Crippen molar-refractivity contribution in [3.63, 3.8) is 0 Å². The molecule has 0 aromatic heterocycles. The molecule has 6 heteroatoms. The Bertz CT molecular complexity index is 627. The Morgan fingerprint density at radius 1 is 0.591 bits per heavy atom. The summed E-state index contributed by atoms with van der Waals surface area (Å²) in [5.41, 5.74) is 1.52. The molecule has 2 aromatic rings. The standard InChI is InChI=1S/C16H16Br2O4/c1-19-11-7-5-9(17)15(21-3)13(11)14-12(20-2)8-6-10(18)16(14)22-4/h5-8H,1-4H3. The van der Waals surface area contributed by atoms with Crippen molar-refractivity contribution in [2.75, 3.05) is 28.4 Å². The predicted octanol–water partition coefficient (Wildman–Crippen LogP) is 4.91. The molecule has 0 N–H and O–H groups in total. The average molecular weight is 432 g/mol.